The molecule has 0 aromatic heterocycles. The van der Waals surface area contributed by atoms with Crippen molar-refractivity contribution in [3.8, 4) is 5.75 Å². The molecule has 0 bridgehead atoms. The second kappa shape index (κ2) is 6.38. The van der Waals surface area contributed by atoms with Crippen LogP contribution in [0.1, 0.15) is 15.9 Å². The molecule has 0 radical (unpaired) electrons. The fourth-order valence-corrected chi connectivity index (χ4v) is 1.77. The average Bonchev–Trinajstić information content (AvgIpc) is 2.45. The van der Waals surface area contributed by atoms with Crippen molar-refractivity contribution in [1.29, 1.82) is 0 Å². The Labute approximate surface area is 124 Å². The van der Waals surface area contributed by atoms with Gasteiger partial charge in [-0.1, -0.05) is 12.1 Å². The van der Waals surface area contributed by atoms with Gasteiger partial charge < -0.3 is 15.8 Å². The highest BCUT2D eigenvalue weighted by Gasteiger charge is 2.30. The molecule has 2 aromatic rings. The van der Waals surface area contributed by atoms with Crippen molar-refractivity contribution in [2.75, 3.05) is 5.32 Å². The van der Waals surface area contributed by atoms with Gasteiger partial charge in [0.2, 0.25) is 5.91 Å². The second-order valence-electron chi connectivity index (χ2n) is 4.49. The highest BCUT2D eigenvalue weighted by Crippen LogP contribution is 2.23. The first kappa shape index (κ1) is 15.7. The van der Waals surface area contributed by atoms with E-state index in [2.05, 4.69) is 10.1 Å². The Balaban J connectivity index is 1.92. The largest absolute Gasteiger partial charge is 0.573 e. The van der Waals surface area contributed by atoms with Crippen molar-refractivity contribution in [2.45, 2.75) is 12.9 Å². The number of amides is 1. The van der Waals surface area contributed by atoms with Gasteiger partial charge in [-0.3, -0.25) is 4.79 Å². The van der Waals surface area contributed by atoms with E-state index in [1.165, 1.54) is 24.3 Å². The van der Waals surface area contributed by atoms with E-state index in [1.807, 2.05) is 0 Å². The summed E-state index contributed by atoms with van der Waals surface area (Å²) in [7, 11) is 0. The highest BCUT2D eigenvalue weighted by molar-refractivity contribution is 5.93. The number of halogens is 3. The van der Waals surface area contributed by atoms with Gasteiger partial charge in [0.25, 0.3) is 0 Å². The monoisotopic (exact) mass is 310 g/mol. The number of nitrogens with two attached hydrogens (primary N) is 1. The number of benzene rings is 2. The number of rotatable bonds is 5. The Morgan fingerprint density at radius 2 is 1.64 bits per heavy atom. The molecule has 0 heterocycles. The summed E-state index contributed by atoms with van der Waals surface area (Å²) in [4.78, 5) is 10.9. The zero-order chi connectivity index (χ0) is 16.2. The molecule has 1 amide bonds. The number of primary amides is 1. The molecule has 0 atom stereocenters. The molecular formula is C15H13F3N2O2. The van der Waals surface area contributed by atoms with E-state index in [4.69, 9.17) is 5.73 Å². The van der Waals surface area contributed by atoms with E-state index >= 15 is 0 Å². The van der Waals surface area contributed by atoms with Crippen molar-refractivity contribution in [2.24, 2.45) is 5.73 Å². The zero-order valence-electron chi connectivity index (χ0n) is 11.4. The van der Waals surface area contributed by atoms with Crippen LogP contribution in [0.3, 0.4) is 0 Å². The van der Waals surface area contributed by atoms with E-state index in [-0.39, 0.29) is 5.75 Å². The van der Waals surface area contributed by atoms with Crippen LogP contribution >= 0.6 is 0 Å². The Morgan fingerprint density at radius 1 is 1.05 bits per heavy atom. The number of nitrogens with one attached hydrogen (secondary N) is 1. The topological polar surface area (TPSA) is 64.4 Å². The summed E-state index contributed by atoms with van der Waals surface area (Å²) in [6.07, 6.45) is -4.69. The molecule has 3 N–H and O–H groups in total. The molecule has 2 rings (SSSR count). The van der Waals surface area contributed by atoms with Gasteiger partial charge in [-0.2, -0.15) is 0 Å². The first-order chi connectivity index (χ1) is 10.3. The van der Waals surface area contributed by atoms with Crippen LogP contribution in [0.4, 0.5) is 18.9 Å². The first-order valence-corrected chi connectivity index (χ1v) is 6.32. The third-order valence-electron chi connectivity index (χ3n) is 2.82. The number of carbonyl (C=O) groups excluding carboxylic acids is 1. The Hall–Kier alpha value is -2.70. The second-order valence-corrected chi connectivity index (χ2v) is 4.49. The minimum Gasteiger partial charge on any atom is -0.406 e. The van der Waals surface area contributed by atoms with Crippen LogP contribution in [0.15, 0.2) is 48.5 Å². The predicted octanol–water partition coefficient (Wildman–Crippen LogP) is 3.30. The van der Waals surface area contributed by atoms with Crippen LogP contribution in [-0.2, 0) is 6.54 Å². The fraction of sp³-hybridized carbons (Fsp3) is 0.133. The number of carbonyl (C=O) groups is 1. The van der Waals surface area contributed by atoms with Gasteiger partial charge in [0.05, 0.1) is 0 Å². The SMILES string of the molecule is NC(=O)c1ccc(NCc2ccc(OC(F)(F)F)cc2)cc1. The molecule has 0 saturated heterocycles. The molecule has 2 aromatic carbocycles. The maximum absolute atomic E-state index is 12.0. The van der Waals surface area contributed by atoms with Crippen molar-refractivity contribution in [1.82, 2.24) is 0 Å². The molecule has 0 saturated carbocycles. The fourth-order valence-electron chi connectivity index (χ4n) is 1.77. The summed E-state index contributed by atoms with van der Waals surface area (Å²) in [5.41, 5.74) is 7.09. The molecule has 0 unspecified atom stereocenters. The molecule has 0 spiro atoms. The minimum atomic E-state index is -4.69. The minimum absolute atomic E-state index is 0.262. The standard InChI is InChI=1S/C15H13F3N2O2/c16-15(17,18)22-13-7-1-10(2-8-13)9-20-12-5-3-11(4-6-12)14(19)21/h1-8,20H,9H2,(H2,19,21). The van der Waals surface area contributed by atoms with E-state index in [0.29, 0.717) is 12.1 Å². The molecule has 22 heavy (non-hydrogen) atoms. The Kier molecular flexibility index (Phi) is 4.55. The van der Waals surface area contributed by atoms with Crippen molar-refractivity contribution >= 4 is 11.6 Å². The molecule has 0 aliphatic heterocycles. The third-order valence-corrected chi connectivity index (χ3v) is 2.82. The summed E-state index contributed by atoms with van der Waals surface area (Å²) >= 11 is 0. The summed E-state index contributed by atoms with van der Waals surface area (Å²) in [5, 5.41) is 3.08. The summed E-state index contributed by atoms with van der Waals surface area (Å²) in [6, 6.07) is 12.1. The van der Waals surface area contributed by atoms with E-state index in [0.717, 1.165) is 11.3 Å². The van der Waals surface area contributed by atoms with Crippen LogP contribution in [0.5, 0.6) is 5.75 Å². The molecule has 4 nitrogen and oxygen atoms in total. The quantitative estimate of drug-likeness (QED) is 0.890. The van der Waals surface area contributed by atoms with Crippen LogP contribution in [-0.4, -0.2) is 12.3 Å². The van der Waals surface area contributed by atoms with Gasteiger partial charge in [0, 0.05) is 17.8 Å². The molecule has 7 heteroatoms. The number of anilines is 1. The maximum atomic E-state index is 12.0. The van der Waals surface area contributed by atoms with Gasteiger partial charge in [0.15, 0.2) is 0 Å². The number of ether oxygens (including phenoxy) is 1. The smallest absolute Gasteiger partial charge is 0.406 e. The highest BCUT2D eigenvalue weighted by atomic mass is 19.4. The lowest BCUT2D eigenvalue weighted by Crippen LogP contribution is -2.17. The number of alkyl halides is 3. The lowest BCUT2D eigenvalue weighted by Gasteiger charge is -2.10. The van der Waals surface area contributed by atoms with E-state index in [9.17, 15) is 18.0 Å². The molecule has 116 valence electrons. The normalized spacial score (nSPS) is 11.0. The van der Waals surface area contributed by atoms with Crippen LogP contribution in [0.25, 0.3) is 0 Å². The van der Waals surface area contributed by atoms with Crippen molar-refractivity contribution in [3.05, 3.63) is 59.7 Å². The maximum Gasteiger partial charge on any atom is 0.573 e. The van der Waals surface area contributed by atoms with E-state index < -0.39 is 12.3 Å². The predicted molar refractivity (Wildman–Crippen MR) is 75.4 cm³/mol. The molecule has 0 fully saturated rings. The van der Waals surface area contributed by atoms with Crippen LogP contribution in [0.2, 0.25) is 0 Å². The molecule has 0 aliphatic rings. The van der Waals surface area contributed by atoms with E-state index in [1.54, 1.807) is 24.3 Å². The molecule has 0 aliphatic carbocycles. The van der Waals surface area contributed by atoms with Gasteiger partial charge in [-0.05, 0) is 42.0 Å². The average molecular weight is 310 g/mol. The summed E-state index contributed by atoms with van der Waals surface area (Å²) in [6.45, 7) is 0.419. The lowest BCUT2D eigenvalue weighted by atomic mass is 10.2. The van der Waals surface area contributed by atoms with Crippen LogP contribution < -0.4 is 15.8 Å². The Bertz CT molecular complexity index is 637. The molecular weight excluding hydrogens is 297 g/mol. The first-order valence-electron chi connectivity index (χ1n) is 6.32. The number of hydrogen-bond donors (Lipinski definition) is 2. The van der Waals surface area contributed by atoms with Crippen LogP contribution in [0, 0.1) is 0 Å². The Morgan fingerprint density at radius 3 is 2.14 bits per heavy atom. The zero-order valence-corrected chi connectivity index (χ0v) is 11.4. The van der Waals surface area contributed by atoms with Gasteiger partial charge in [0.1, 0.15) is 5.75 Å². The summed E-state index contributed by atoms with van der Waals surface area (Å²) in [5.74, 6) is -0.770. The number of hydrogen-bond acceptors (Lipinski definition) is 3. The van der Waals surface area contributed by atoms with Crippen molar-refractivity contribution in [3.63, 3.8) is 0 Å². The van der Waals surface area contributed by atoms with Gasteiger partial charge in [-0.25, -0.2) is 0 Å². The van der Waals surface area contributed by atoms with Crippen molar-refractivity contribution < 1.29 is 22.7 Å². The lowest BCUT2D eigenvalue weighted by molar-refractivity contribution is -0.274. The summed E-state index contributed by atoms with van der Waals surface area (Å²) < 4.78 is 39.9. The van der Waals surface area contributed by atoms with Gasteiger partial charge >= 0.3 is 6.36 Å². The third kappa shape index (κ3) is 4.69. The van der Waals surface area contributed by atoms with Gasteiger partial charge in [-0.15, -0.1) is 13.2 Å².